The van der Waals surface area contributed by atoms with Crippen LogP contribution in [0.1, 0.15) is 40.0 Å². The zero-order chi connectivity index (χ0) is 10.7. The van der Waals surface area contributed by atoms with E-state index >= 15 is 0 Å². The van der Waals surface area contributed by atoms with Crippen molar-refractivity contribution in [3.63, 3.8) is 0 Å². The lowest BCUT2D eigenvalue weighted by Crippen LogP contribution is -2.35. The van der Waals surface area contributed by atoms with E-state index in [9.17, 15) is 4.79 Å². The van der Waals surface area contributed by atoms with E-state index in [2.05, 4.69) is 0 Å². The molecule has 3 nitrogen and oxygen atoms in total. The second-order valence-electron chi connectivity index (χ2n) is 4.34. The van der Waals surface area contributed by atoms with Gasteiger partial charge in [0.05, 0.1) is 18.1 Å². The summed E-state index contributed by atoms with van der Waals surface area (Å²) in [4.78, 5) is 11.0. The van der Waals surface area contributed by atoms with Crippen molar-refractivity contribution in [2.75, 3.05) is 0 Å². The molecule has 0 aliphatic carbocycles. The highest BCUT2D eigenvalue weighted by Gasteiger charge is 2.33. The van der Waals surface area contributed by atoms with Crippen molar-refractivity contribution >= 4 is 5.97 Å². The van der Waals surface area contributed by atoms with Gasteiger partial charge in [0, 0.05) is 0 Å². The fourth-order valence-electron chi connectivity index (χ4n) is 2.49. The predicted octanol–water partition coefficient (Wildman–Crippen LogP) is 2.30. The van der Waals surface area contributed by atoms with Gasteiger partial charge in [-0.3, -0.25) is 4.79 Å². The summed E-state index contributed by atoms with van der Waals surface area (Å²) in [5, 5.41) is 9.06. The molecule has 0 bridgehead atoms. The van der Waals surface area contributed by atoms with E-state index in [1.807, 2.05) is 20.8 Å². The number of hydrogen-bond acceptors (Lipinski definition) is 2. The Morgan fingerprint density at radius 2 is 1.93 bits per heavy atom. The van der Waals surface area contributed by atoms with Gasteiger partial charge in [-0.05, 0) is 39.0 Å². The first-order chi connectivity index (χ1) is 6.54. The Morgan fingerprint density at radius 3 is 2.29 bits per heavy atom. The molecular weight excluding hydrogens is 180 g/mol. The van der Waals surface area contributed by atoms with Crippen molar-refractivity contribution in [2.45, 2.75) is 52.2 Å². The Hall–Kier alpha value is -0.570. The van der Waals surface area contributed by atoms with Crippen LogP contribution in [0.4, 0.5) is 0 Å². The summed E-state index contributed by atoms with van der Waals surface area (Å²) in [7, 11) is 0. The van der Waals surface area contributed by atoms with E-state index in [0.717, 1.165) is 19.3 Å². The zero-order valence-corrected chi connectivity index (χ0v) is 9.19. The molecule has 14 heavy (non-hydrogen) atoms. The van der Waals surface area contributed by atoms with Gasteiger partial charge < -0.3 is 9.84 Å². The SMILES string of the molecule is CCC(C(=O)O)C1C[C@@H](C)O[C@@H](C)C1. The molecule has 1 heterocycles. The first-order valence-electron chi connectivity index (χ1n) is 5.42. The summed E-state index contributed by atoms with van der Waals surface area (Å²) >= 11 is 0. The van der Waals surface area contributed by atoms with Crippen LogP contribution in [-0.4, -0.2) is 23.3 Å². The molecule has 1 aliphatic rings. The fraction of sp³-hybridized carbons (Fsp3) is 0.909. The zero-order valence-electron chi connectivity index (χ0n) is 9.19. The molecular formula is C11H20O3. The number of carbonyl (C=O) groups is 1. The van der Waals surface area contributed by atoms with Gasteiger partial charge in [-0.25, -0.2) is 0 Å². The molecule has 3 heteroatoms. The van der Waals surface area contributed by atoms with E-state index in [4.69, 9.17) is 9.84 Å². The van der Waals surface area contributed by atoms with Crippen molar-refractivity contribution in [3.05, 3.63) is 0 Å². The van der Waals surface area contributed by atoms with Crippen molar-refractivity contribution in [2.24, 2.45) is 11.8 Å². The molecule has 0 amide bonds. The molecule has 0 saturated carbocycles. The minimum absolute atomic E-state index is 0.191. The van der Waals surface area contributed by atoms with E-state index in [1.54, 1.807) is 0 Å². The lowest BCUT2D eigenvalue weighted by molar-refractivity contribution is -0.147. The third-order valence-electron chi connectivity index (χ3n) is 3.06. The molecule has 0 aromatic carbocycles. The van der Waals surface area contributed by atoms with Crippen LogP contribution in [0.5, 0.6) is 0 Å². The molecule has 1 rings (SSSR count). The van der Waals surface area contributed by atoms with E-state index in [-0.39, 0.29) is 24.0 Å². The van der Waals surface area contributed by atoms with Crippen LogP contribution in [0.3, 0.4) is 0 Å². The number of ether oxygens (including phenoxy) is 1. The highest BCUT2D eigenvalue weighted by Crippen LogP contribution is 2.32. The van der Waals surface area contributed by atoms with E-state index in [0.29, 0.717) is 0 Å². The number of carboxylic acid groups (broad SMARTS) is 1. The van der Waals surface area contributed by atoms with Gasteiger partial charge in [0.25, 0.3) is 0 Å². The largest absolute Gasteiger partial charge is 0.481 e. The molecule has 82 valence electrons. The van der Waals surface area contributed by atoms with Gasteiger partial charge in [0.1, 0.15) is 0 Å². The molecule has 1 fully saturated rings. The second-order valence-corrected chi connectivity index (χ2v) is 4.34. The minimum Gasteiger partial charge on any atom is -0.481 e. The van der Waals surface area contributed by atoms with Crippen LogP contribution in [0.2, 0.25) is 0 Å². The maximum Gasteiger partial charge on any atom is 0.306 e. The third-order valence-corrected chi connectivity index (χ3v) is 3.06. The van der Waals surface area contributed by atoms with Gasteiger partial charge >= 0.3 is 5.97 Å². The number of aliphatic carboxylic acids is 1. The fourth-order valence-corrected chi connectivity index (χ4v) is 2.49. The summed E-state index contributed by atoms with van der Waals surface area (Å²) in [6.45, 7) is 6.00. The monoisotopic (exact) mass is 200 g/mol. The highest BCUT2D eigenvalue weighted by molar-refractivity contribution is 5.70. The van der Waals surface area contributed by atoms with Crippen molar-refractivity contribution in [3.8, 4) is 0 Å². The summed E-state index contributed by atoms with van der Waals surface area (Å²) in [6.07, 6.45) is 2.90. The maximum atomic E-state index is 11.0. The normalized spacial score (nSPS) is 35.2. The molecule has 1 saturated heterocycles. The number of carboxylic acids is 1. The Kier molecular flexibility index (Phi) is 3.93. The molecule has 2 unspecified atom stereocenters. The van der Waals surface area contributed by atoms with Gasteiger partial charge in [0.2, 0.25) is 0 Å². The van der Waals surface area contributed by atoms with Gasteiger partial charge in [-0.15, -0.1) is 0 Å². The van der Waals surface area contributed by atoms with Crippen LogP contribution in [0.15, 0.2) is 0 Å². The van der Waals surface area contributed by atoms with Gasteiger partial charge in [0.15, 0.2) is 0 Å². The Labute approximate surface area is 85.5 Å². The topological polar surface area (TPSA) is 46.5 Å². The number of hydrogen-bond donors (Lipinski definition) is 1. The summed E-state index contributed by atoms with van der Waals surface area (Å²) in [6, 6.07) is 0. The van der Waals surface area contributed by atoms with E-state index in [1.165, 1.54) is 0 Å². The lowest BCUT2D eigenvalue weighted by Gasteiger charge is -2.34. The van der Waals surface area contributed by atoms with Crippen molar-refractivity contribution in [1.29, 1.82) is 0 Å². The maximum absolute atomic E-state index is 11.0. The predicted molar refractivity (Wildman–Crippen MR) is 54.1 cm³/mol. The van der Waals surface area contributed by atoms with Crippen molar-refractivity contribution in [1.82, 2.24) is 0 Å². The molecule has 0 aromatic heterocycles. The Morgan fingerprint density at radius 1 is 1.43 bits per heavy atom. The van der Waals surface area contributed by atoms with Crippen LogP contribution in [0.25, 0.3) is 0 Å². The molecule has 0 spiro atoms. The Balaban J connectivity index is 2.61. The standard InChI is InChI=1S/C11H20O3/c1-4-10(11(12)13)9-5-7(2)14-8(3)6-9/h7-10H,4-6H2,1-3H3,(H,12,13)/t7-,8+,9?,10?. The lowest BCUT2D eigenvalue weighted by atomic mass is 9.80. The quantitative estimate of drug-likeness (QED) is 0.760. The van der Waals surface area contributed by atoms with Gasteiger partial charge in [-0.1, -0.05) is 6.92 Å². The van der Waals surface area contributed by atoms with Crippen LogP contribution in [-0.2, 0) is 9.53 Å². The van der Waals surface area contributed by atoms with Crippen LogP contribution in [0, 0.1) is 11.8 Å². The first-order valence-corrected chi connectivity index (χ1v) is 5.42. The van der Waals surface area contributed by atoms with Crippen molar-refractivity contribution < 1.29 is 14.6 Å². The van der Waals surface area contributed by atoms with Gasteiger partial charge in [-0.2, -0.15) is 0 Å². The average Bonchev–Trinajstić information content (AvgIpc) is 2.02. The Bertz CT molecular complexity index is 193. The smallest absolute Gasteiger partial charge is 0.306 e. The summed E-state index contributed by atoms with van der Waals surface area (Å²) in [5.74, 6) is -0.557. The van der Waals surface area contributed by atoms with Crippen LogP contribution >= 0.6 is 0 Å². The average molecular weight is 200 g/mol. The third kappa shape index (κ3) is 2.71. The molecule has 0 radical (unpaired) electrons. The minimum atomic E-state index is -0.654. The summed E-state index contributed by atoms with van der Waals surface area (Å²) in [5.41, 5.74) is 0. The number of rotatable bonds is 3. The van der Waals surface area contributed by atoms with E-state index < -0.39 is 5.97 Å². The second kappa shape index (κ2) is 4.78. The first kappa shape index (κ1) is 11.5. The van der Waals surface area contributed by atoms with Crippen LogP contribution < -0.4 is 0 Å². The molecule has 1 aliphatic heterocycles. The summed E-state index contributed by atoms with van der Waals surface area (Å²) < 4.78 is 5.60. The highest BCUT2D eigenvalue weighted by atomic mass is 16.5. The molecule has 4 atom stereocenters. The molecule has 1 N–H and O–H groups in total. The molecule has 0 aromatic rings.